The van der Waals surface area contributed by atoms with E-state index >= 15 is 0 Å². The maximum Gasteiger partial charge on any atom is 0.363 e. The van der Waals surface area contributed by atoms with Crippen LogP contribution in [0.25, 0.3) is 6.08 Å². The Morgan fingerprint density at radius 1 is 1.03 bits per heavy atom. The third kappa shape index (κ3) is 3.85. The van der Waals surface area contributed by atoms with Crippen LogP contribution in [-0.4, -0.2) is 38.5 Å². The molecule has 2 aliphatic rings. The number of benzene rings is 2. The Morgan fingerprint density at radius 3 is 2.31 bits per heavy atom. The molecule has 0 radical (unpaired) electrons. The summed E-state index contributed by atoms with van der Waals surface area (Å²) in [5.41, 5.74) is 2.40. The molecule has 7 nitrogen and oxygen atoms in total. The molecule has 1 saturated heterocycles. The zero-order chi connectivity index (χ0) is 20.4. The summed E-state index contributed by atoms with van der Waals surface area (Å²) in [6, 6.07) is 12.6. The lowest BCUT2D eigenvalue weighted by Crippen LogP contribution is -2.23. The SMILES string of the molecule is COc1cc(/C=C2/N=C(c3ccc(N4CCCC4=O)cc3)OC2=O)cc(OC)c1. The minimum atomic E-state index is -0.527. The zero-order valence-corrected chi connectivity index (χ0v) is 16.2. The number of cyclic esters (lactones) is 1. The van der Waals surface area contributed by atoms with Gasteiger partial charge in [0.05, 0.1) is 14.2 Å². The van der Waals surface area contributed by atoms with Crippen LogP contribution in [0.1, 0.15) is 24.0 Å². The van der Waals surface area contributed by atoms with Crippen molar-refractivity contribution in [2.75, 3.05) is 25.7 Å². The standard InChI is InChI=1S/C22H20N2O5/c1-27-17-10-14(11-18(13-17)28-2)12-19-22(26)29-21(23-19)15-5-7-16(8-6-15)24-9-3-4-20(24)25/h5-8,10-13H,3-4,9H2,1-2H3/b19-12+. The number of rotatable bonds is 5. The van der Waals surface area contributed by atoms with E-state index in [4.69, 9.17) is 14.2 Å². The first-order valence-corrected chi connectivity index (χ1v) is 9.24. The predicted octanol–water partition coefficient (Wildman–Crippen LogP) is 3.18. The number of hydrogen-bond acceptors (Lipinski definition) is 6. The first-order chi connectivity index (χ1) is 14.1. The van der Waals surface area contributed by atoms with Crippen LogP contribution in [0, 0.1) is 0 Å². The summed E-state index contributed by atoms with van der Waals surface area (Å²) in [4.78, 5) is 30.2. The molecule has 0 saturated carbocycles. The van der Waals surface area contributed by atoms with Gasteiger partial charge in [-0.05, 0) is 54.5 Å². The lowest BCUT2D eigenvalue weighted by molar-refractivity contribution is -0.130. The number of hydrogen-bond donors (Lipinski definition) is 0. The Kier molecular flexibility index (Phi) is 5.03. The van der Waals surface area contributed by atoms with E-state index in [9.17, 15) is 9.59 Å². The summed E-state index contributed by atoms with van der Waals surface area (Å²) in [6.07, 6.45) is 3.07. The molecule has 2 heterocycles. The van der Waals surface area contributed by atoms with E-state index in [1.165, 1.54) is 0 Å². The van der Waals surface area contributed by atoms with Gasteiger partial charge in [0.15, 0.2) is 5.70 Å². The highest BCUT2D eigenvalue weighted by Crippen LogP contribution is 2.27. The second-order valence-electron chi connectivity index (χ2n) is 6.68. The Hall–Kier alpha value is -3.61. The fraction of sp³-hybridized carbons (Fsp3) is 0.227. The molecule has 148 valence electrons. The van der Waals surface area contributed by atoms with Crippen molar-refractivity contribution in [1.29, 1.82) is 0 Å². The van der Waals surface area contributed by atoms with Gasteiger partial charge in [0.25, 0.3) is 0 Å². The van der Waals surface area contributed by atoms with Crippen LogP contribution >= 0.6 is 0 Å². The number of carbonyl (C=O) groups is 2. The van der Waals surface area contributed by atoms with Crippen molar-refractivity contribution >= 4 is 29.5 Å². The molecule has 2 aliphatic heterocycles. The fourth-order valence-electron chi connectivity index (χ4n) is 3.31. The van der Waals surface area contributed by atoms with Crippen molar-refractivity contribution in [3.05, 3.63) is 59.3 Å². The smallest absolute Gasteiger partial charge is 0.363 e. The summed E-state index contributed by atoms with van der Waals surface area (Å²) in [5.74, 6) is 1.05. The summed E-state index contributed by atoms with van der Waals surface area (Å²) in [7, 11) is 3.12. The lowest BCUT2D eigenvalue weighted by atomic mass is 10.1. The topological polar surface area (TPSA) is 77.4 Å². The number of methoxy groups -OCH3 is 2. The van der Waals surface area contributed by atoms with Crippen molar-refractivity contribution in [1.82, 2.24) is 0 Å². The Bertz CT molecular complexity index is 1000. The summed E-state index contributed by atoms with van der Waals surface area (Å²) >= 11 is 0. The number of esters is 1. The van der Waals surface area contributed by atoms with Crippen LogP contribution in [-0.2, 0) is 14.3 Å². The third-order valence-electron chi connectivity index (χ3n) is 4.80. The van der Waals surface area contributed by atoms with Gasteiger partial charge in [0, 0.05) is 30.3 Å². The molecule has 0 aromatic heterocycles. The molecule has 0 spiro atoms. The maximum atomic E-state index is 12.3. The van der Waals surface area contributed by atoms with Gasteiger partial charge in [-0.2, -0.15) is 0 Å². The first-order valence-electron chi connectivity index (χ1n) is 9.24. The van der Waals surface area contributed by atoms with E-state index in [1.807, 2.05) is 12.1 Å². The molecule has 2 aromatic carbocycles. The van der Waals surface area contributed by atoms with E-state index in [0.29, 0.717) is 29.0 Å². The summed E-state index contributed by atoms with van der Waals surface area (Å²) in [5, 5.41) is 0. The third-order valence-corrected chi connectivity index (χ3v) is 4.80. The highest BCUT2D eigenvalue weighted by atomic mass is 16.6. The van der Waals surface area contributed by atoms with Crippen LogP contribution < -0.4 is 14.4 Å². The molecule has 4 rings (SSSR count). The van der Waals surface area contributed by atoms with Gasteiger partial charge >= 0.3 is 5.97 Å². The van der Waals surface area contributed by atoms with Gasteiger partial charge in [-0.1, -0.05) is 0 Å². The van der Waals surface area contributed by atoms with Crippen LogP contribution in [0.3, 0.4) is 0 Å². The highest BCUT2D eigenvalue weighted by molar-refractivity contribution is 6.13. The van der Waals surface area contributed by atoms with Crippen molar-refractivity contribution in [3.63, 3.8) is 0 Å². The quantitative estimate of drug-likeness (QED) is 0.577. The minimum absolute atomic E-state index is 0.126. The monoisotopic (exact) mass is 392 g/mol. The van der Waals surface area contributed by atoms with Crippen molar-refractivity contribution < 1.29 is 23.8 Å². The van der Waals surface area contributed by atoms with Gasteiger partial charge in [-0.25, -0.2) is 9.79 Å². The van der Waals surface area contributed by atoms with E-state index < -0.39 is 5.97 Å². The Morgan fingerprint density at radius 2 is 1.72 bits per heavy atom. The molecule has 0 bridgehead atoms. The predicted molar refractivity (Wildman–Crippen MR) is 108 cm³/mol. The van der Waals surface area contributed by atoms with Gasteiger partial charge < -0.3 is 19.1 Å². The van der Waals surface area contributed by atoms with Gasteiger partial charge in [-0.3, -0.25) is 4.79 Å². The second kappa shape index (κ2) is 7.79. The highest BCUT2D eigenvalue weighted by Gasteiger charge is 2.25. The molecular formula is C22H20N2O5. The normalized spacial score (nSPS) is 17.5. The average molecular weight is 392 g/mol. The first kappa shape index (κ1) is 18.7. The van der Waals surface area contributed by atoms with E-state index in [2.05, 4.69) is 4.99 Å². The average Bonchev–Trinajstić information content (AvgIpc) is 3.33. The Balaban J connectivity index is 1.59. The van der Waals surface area contributed by atoms with Crippen LogP contribution in [0.2, 0.25) is 0 Å². The second-order valence-corrected chi connectivity index (χ2v) is 6.68. The molecule has 1 amide bonds. The largest absolute Gasteiger partial charge is 0.497 e. The maximum absolute atomic E-state index is 12.3. The molecule has 0 unspecified atom stereocenters. The van der Waals surface area contributed by atoms with Gasteiger partial charge in [0.1, 0.15) is 11.5 Å². The van der Waals surface area contributed by atoms with Crippen LogP contribution in [0.5, 0.6) is 11.5 Å². The molecule has 7 heteroatoms. The molecule has 0 aliphatic carbocycles. The van der Waals surface area contributed by atoms with E-state index in [-0.39, 0.29) is 17.5 Å². The molecular weight excluding hydrogens is 372 g/mol. The van der Waals surface area contributed by atoms with Crippen molar-refractivity contribution in [2.45, 2.75) is 12.8 Å². The fourth-order valence-corrected chi connectivity index (χ4v) is 3.31. The molecule has 1 fully saturated rings. The zero-order valence-electron chi connectivity index (χ0n) is 16.2. The minimum Gasteiger partial charge on any atom is -0.497 e. The number of amides is 1. The number of ether oxygens (including phenoxy) is 3. The summed E-state index contributed by atoms with van der Waals surface area (Å²) < 4.78 is 15.8. The number of nitrogens with zero attached hydrogens (tertiary/aromatic N) is 2. The van der Waals surface area contributed by atoms with Crippen molar-refractivity contribution in [2.24, 2.45) is 4.99 Å². The number of carbonyl (C=O) groups excluding carboxylic acids is 2. The lowest BCUT2D eigenvalue weighted by Gasteiger charge is -2.15. The van der Waals surface area contributed by atoms with Gasteiger partial charge in [-0.15, -0.1) is 0 Å². The number of anilines is 1. The molecule has 0 N–H and O–H groups in total. The molecule has 0 atom stereocenters. The van der Waals surface area contributed by atoms with E-state index in [0.717, 1.165) is 18.7 Å². The number of aliphatic imine (C=N–C) groups is 1. The summed E-state index contributed by atoms with van der Waals surface area (Å²) in [6.45, 7) is 0.727. The van der Waals surface area contributed by atoms with E-state index in [1.54, 1.807) is 55.5 Å². The van der Waals surface area contributed by atoms with Crippen molar-refractivity contribution in [3.8, 4) is 11.5 Å². The molecule has 29 heavy (non-hydrogen) atoms. The molecule has 2 aromatic rings. The van der Waals surface area contributed by atoms with Crippen LogP contribution in [0.15, 0.2) is 53.2 Å². The van der Waals surface area contributed by atoms with Crippen LogP contribution in [0.4, 0.5) is 5.69 Å². The van der Waals surface area contributed by atoms with Gasteiger partial charge in [0.2, 0.25) is 11.8 Å². The Labute approximate surface area is 168 Å².